The molecule has 0 bridgehead atoms. The van der Waals surface area contributed by atoms with Gasteiger partial charge in [-0.25, -0.2) is 4.79 Å². The molecule has 7 nitrogen and oxygen atoms in total. The van der Waals surface area contributed by atoms with Crippen LogP contribution in [0.2, 0.25) is 0 Å². The number of nitrogens with one attached hydrogen (secondary N) is 2. The van der Waals surface area contributed by atoms with Crippen LogP contribution < -0.4 is 10.6 Å². The lowest BCUT2D eigenvalue weighted by Crippen LogP contribution is -2.50. The van der Waals surface area contributed by atoms with Crippen molar-refractivity contribution in [1.29, 1.82) is 0 Å². The first-order valence-electron chi connectivity index (χ1n) is 14.2. The Bertz CT molecular complexity index is 1030. The molecule has 4 fully saturated rings. The molecule has 4 aliphatic rings. The summed E-state index contributed by atoms with van der Waals surface area (Å²) in [6.07, 6.45) is 10.5. The number of amides is 3. The first-order chi connectivity index (χ1) is 17.7. The number of methoxy groups -OCH3 is 1. The zero-order valence-electron chi connectivity index (χ0n) is 22.7. The highest BCUT2D eigenvalue weighted by Crippen LogP contribution is 2.58. The monoisotopic (exact) mass is 509 g/mol. The van der Waals surface area contributed by atoms with Crippen molar-refractivity contribution in [3.05, 3.63) is 29.8 Å². The predicted molar refractivity (Wildman–Crippen MR) is 143 cm³/mol. The van der Waals surface area contributed by atoms with Gasteiger partial charge in [0.1, 0.15) is 0 Å². The largest absolute Gasteiger partial charge is 0.453 e. The molecule has 7 heteroatoms. The normalized spacial score (nSPS) is 26.4. The average molecular weight is 510 g/mol. The van der Waals surface area contributed by atoms with Gasteiger partial charge in [-0.3, -0.25) is 9.59 Å². The lowest BCUT2D eigenvalue weighted by molar-refractivity contribution is -0.127. The minimum Gasteiger partial charge on any atom is -0.453 e. The van der Waals surface area contributed by atoms with Gasteiger partial charge in [-0.1, -0.05) is 51.7 Å². The van der Waals surface area contributed by atoms with E-state index in [1.54, 1.807) is 4.90 Å². The average Bonchev–Trinajstić information content (AvgIpc) is 3.42. The Balaban J connectivity index is 1.27. The summed E-state index contributed by atoms with van der Waals surface area (Å²) in [4.78, 5) is 40.5. The minimum absolute atomic E-state index is 0.0372. The minimum atomic E-state index is -0.827. The number of likely N-dealkylation sites (tertiary alicyclic amines) is 1. The molecular formula is C30H43N3O4. The number of nitrogens with zero attached hydrogens (tertiary/aromatic N) is 1. The van der Waals surface area contributed by atoms with E-state index in [4.69, 9.17) is 4.74 Å². The molecule has 0 radical (unpaired) electrons. The van der Waals surface area contributed by atoms with Gasteiger partial charge in [0.25, 0.3) is 0 Å². The van der Waals surface area contributed by atoms with Crippen molar-refractivity contribution in [2.45, 2.75) is 83.5 Å². The fourth-order valence-electron chi connectivity index (χ4n) is 6.74. The number of ether oxygens (including phenoxy) is 1. The van der Waals surface area contributed by atoms with Crippen LogP contribution in [0.4, 0.5) is 10.5 Å². The summed E-state index contributed by atoms with van der Waals surface area (Å²) >= 11 is 0. The molecule has 3 aliphatic carbocycles. The molecule has 2 N–H and O–H groups in total. The van der Waals surface area contributed by atoms with Gasteiger partial charge in [-0.15, -0.1) is 0 Å². The number of benzene rings is 1. The van der Waals surface area contributed by atoms with Crippen molar-refractivity contribution >= 4 is 23.6 Å². The quantitative estimate of drug-likeness (QED) is 0.476. The Hall–Kier alpha value is -2.57. The summed E-state index contributed by atoms with van der Waals surface area (Å²) in [5.74, 6) is 1.22. The fourth-order valence-corrected chi connectivity index (χ4v) is 6.74. The Morgan fingerprint density at radius 3 is 2.27 bits per heavy atom. The van der Waals surface area contributed by atoms with Crippen LogP contribution in [-0.4, -0.2) is 49.6 Å². The molecule has 1 heterocycles. The molecule has 3 amide bonds. The number of hydrogen-bond acceptors (Lipinski definition) is 4. The first kappa shape index (κ1) is 26.1. The summed E-state index contributed by atoms with van der Waals surface area (Å²) in [7, 11) is 1.37. The summed E-state index contributed by atoms with van der Waals surface area (Å²) in [6, 6.07) is 7.67. The zero-order chi connectivity index (χ0) is 26.3. The zero-order valence-corrected chi connectivity index (χ0v) is 22.7. The number of rotatable bonds is 9. The number of anilines is 1. The molecule has 202 valence electrons. The second kappa shape index (κ2) is 9.95. The molecule has 37 heavy (non-hydrogen) atoms. The Morgan fingerprint density at radius 2 is 1.73 bits per heavy atom. The molecule has 0 spiro atoms. The molecule has 2 unspecified atom stereocenters. The maximum atomic E-state index is 13.6. The third-order valence-electron chi connectivity index (χ3n) is 10.2. The maximum Gasteiger partial charge on any atom is 0.409 e. The van der Waals surface area contributed by atoms with Crippen LogP contribution in [0.1, 0.15) is 83.6 Å². The van der Waals surface area contributed by atoms with E-state index in [9.17, 15) is 14.4 Å². The lowest BCUT2D eigenvalue weighted by atomic mass is 9.68. The van der Waals surface area contributed by atoms with Crippen LogP contribution in [0, 0.1) is 22.7 Å². The predicted octanol–water partition coefficient (Wildman–Crippen LogP) is 5.25. The van der Waals surface area contributed by atoms with E-state index >= 15 is 0 Å². The van der Waals surface area contributed by atoms with Crippen molar-refractivity contribution < 1.29 is 19.1 Å². The highest BCUT2D eigenvalue weighted by molar-refractivity contribution is 5.92. The summed E-state index contributed by atoms with van der Waals surface area (Å²) in [5, 5.41) is 6.31. The van der Waals surface area contributed by atoms with Gasteiger partial charge in [0.05, 0.1) is 12.5 Å². The Labute approximate surface area is 221 Å². The van der Waals surface area contributed by atoms with Gasteiger partial charge in [-0.05, 0) is 72.5 Å². The summed E-state index contributed by atoms with van der Waals surface area (Å²) in [6.45, 7) is 5.97. The van der Waals surface area contributed by atoms with Crippen molar-refractivity contribution in [3.8, 4) is 0 Å². The van der Waals surface area contributed by atoms with Crippen LogP contribution in [0.3, 0.4) is 0 Å². The van der Waals surface area contributed by atoms with Gasteiger partial charge in [0.15, 0.2) is 0 Å². The second-order valence-corrected chi connectivity index (χ2v) is 12.9. The Kier molecular flexibility index (Phi) is 7.01. The van der Waals surface area contributed by atoms with Gasteiger partial charge in [0.2, 0.25) is 11.8 Å². The summed E-state index contributed by atoms with van der Waals surface area (Å²) in [5.41, 5.74) is 1.30. The van der Waals surface area contributed by atoms with E-state index in [2.05, 4.69) is 24.5 Å². The molecule has 1 aromatic rings. The van der Waals surface area contributed by atoms with E-state index < -0.39 is 11.5 Å². The first-order valence-corrected chi connectivity index (χ1v) is 14.2. The fraction of sp³-hybridized carbons (Fsp3) is 0.700. The molecule has 3 saturated carbocycles. The smallest absolute Gasteiger partial charge is 0.409 e. The standard InChI is InChI=1S/C30H43N3O4/c1-28(12-5-13-28)19-31-26(35)30(16-17-33(20-30)27(36)37-3)22-8-10-23(11-9-22)32-25(34)18-24(21-6-4-7-21)29(2)14-15-29/h8-11,21,24H,4-7,12-20H2,1-3H3,(H,31,35)(H,32,34). The molecule has 1 aliphatic heterocycles. The van der Waals surface area contributed by atoms with Gasteiger partial charge in [-0.2, -0.15) is 0 Å². The highest BCUT2D eigenvalue weighted by atomic mass is 16.5. The molecule has 0 aromatic heterocycles. The maximum absolute atomic E-state index is 13.6. The SMILES string of the molecule is COC(=O)N1CCC(C(=O)NCC2(C)CCC2)(c2ccc(NC(=O)CC(C3CCC3)C3(C)CC3)cc2)C1. The number of carbonyl (C=O) groups excluding carboxylic acids is 3. The van der Waals surface area contributed by atoms with E-state index in [0.29, 0.717) is 43.2 Å². The third-order valence-corrected chi connectivity index (χ3v) is 10.2. The highest BCUT2D eigenvalue weighted by Gasteiger charge is 2.50. The van der Waals surface area contributed by atoms with Crippen molar-refractivity contribution in [2.24, 2.45) is 22.7 Å². The van der Waals surface area contributed by atoms with Gasteiger partial charge < -0.3 is 20.3 Å². The van der Waals surface area contributed by atoms with E-state index in [1.807, 2.05) is 24.3 Å². The number of carbonyl (C=O) groups is 3. The van der Waals surface area contributed by atoms with Crippen molar-refractivity contribution in [1.82, 2.24) is 10.2 Å². The van der Waals surface area contributed by atoms with Crippen molar-refractivity contribution in [3.63, 3.8) is 0 Å². The molecule has 1 saturated heterocycles. The van der Waals surface area contributed by atoms with E-state index in [-0.39, 0.29) is 23.8 Å². The third kappa shape index (κ3) is 5.23. The van der Waals surface area contributed by atoms with Crippen LogP contribution in [0.15, 0.2) is 24.3 Å². The van der Waals surface area contributed by atoms with Crippen LogP contribution in [0.5, 0.6) is 0 Å². The van der Waals surface area contributed by atoms with Crippen LogP contribution >= 0.6 is 0 Å². The lowest BCUT2D eigenvalue weighted by Gasteiger charge is -2.39. The van der Waals surface area contributed by atoms with Crippen LogP contribution in [0.25, 0.3) is 0 Å². The second-order valence-electron chi connectivity index (χ2n) is 12.9. The molecule has 2 atom stereocenters. The van der Waals surface area contributed by atoms with E-state index in [1.165, 1.54) is 45.6 Å². The van der Waals surface area contributed by atoms with Gasteiger partial charge in [0, 0.05) is 31.7 Å². The molecular weight excluding hydrogens is 466 g/mol. The number of hydrogen-bond donors (Lipinski definition) is 2. The van der Waals surface area contributed by atoms with Crippen molar-refractivity contribution in [2.75, 3.05) is 32.1 Å². The molecule has 5 rings (SSSR count). The molecule has 1 aromatic carbocycles. The topological polar surface area (TPSA) is 87.7 Å². The van der Waals surface area contributed by atoms with E-state index in [0.717, 1.165) is 24.1 Å². The Morgan fingerprint density at radius 1 is 1.03 bits per heavy atom. The van der Waals surface area contributed by atoms with Crippen LogP contribution in [-0.2, 0) is 19.7 Å². The van der Waals surface area contributed by atoms with Gasteiger partial charge >= 0.3 is 6.09 Å². The summed E-state index contributed by atoms with van der Waals surface area (Å²) < 4.78 is 4.94.